The molecule has 0 radical (unpaired) electrons. The molecule has 0 saturated carbocycles. The lowest BCUT2D eigenvalue weighted by molar-refractivity contribution is -0.121. The van der Waals surface area contributed by atoms with Crippen LogP contribution in [0.15, 0.2) is 70.8 Å². The van der Waals surface area contributed by atoms with Crippen LogP contribution in [-0.4, -0.2) is 24.2 Å². The maximum absolute atomic E-state index is 14.4. The molecule has 3 heterocycles. The molecule has 2 N–H and O–H groups in total. The molecule has 5 rings (SSSR count). The Morgan fingerprint density at radius 2 is 1.94 bits per heavy atom. The molecular formula is C27H23FN4O4. The highest BCUT2D eigenvalue weighted by Crippen LogP contribution is 2.54. The Morgan fingerprint density at radius 1 is 1.17 bits per heavy atom. The quantitative estimate of drug-likeness (QED) is 0.594. The zero-order valence-corrected chi connectivity index (χ0v) is 19.7. The molecule has 1 aromatic heterocycles. The Labute approximate surface area is 206 Å². The van der Waals surface area contributed by atoms with Gasteiger partial charge in [0.15, 0.2) is 5.41 Å². The Kier molecular flexibility index (Phi) is 5.61. The average molecular weight is 487 g/mol. The van der Waals surface area contributed by atoms with Crippen LogP contribution in [-0.2, 0) is 28.0 Å². The molecule has 1 amide bonds. The lowest BCUT2D eigenvalue weighted by atomic mass is 9.69. The van der Waals surface area contributed by atoms with Crippen LogP contribution in [0.5, 0.6) is 5.75 Å². The van der Waals surface area contributed by atoms with Crippen LogP contribution >= 0.6 is 0 Å². The number of para-hydroxylation sites is 1. The molecule has 0 aliphatic carbocycles. The first-order valence-electron chi connectivity index (χ1n) is 11.3. The number of halogens is 1. The van der Waals surface area contributed by atoms with Crippen LogP contribution in [0, 0.1) is 24.1 Å². The van der Waals surface area contributed by atoms with Crippen LogP contribution in [0.25, 0.3) is 0 Å². The minimum Gasteiger partial charge on any atom is -0.440 e. The van der Waals surface area contributed by atoms with Crippen molar-refractivity contribution in [3.05, 3.63) is 105 Å². The number of methoxy groups -OCH3 is 1. The summed E-state index contributed by atoms with van der Waals surface area (Å²) in [5.74, 6) is -1.08. The number of nitrogens with zero attached hydrogens (tertiary/aromatic N) is 3. The van der Waals surface area contributed by atoms with E-state index in [-0.39, 0.29) is 42.5 Å². The van der Waals surface area contributed by atoms with Gasteiger partial charge in [0.05, 0.1) is 18.7 Å². The topological polar surface area (TPSA) is 111 Å². The van der Waals surface area contributed by atoms with Crippen molar-refractivity contribution < 1.29 is 18.7 Å². The molecule has 0 bridgehead atoms. The number of anilines is 1. The van der Waals surface area contributed by atoms with Gasteiger partial charge in [0, 0.05) is 36.7 Å². The molecule has 1 spiro atoms. The van der Waals surface area contributed by atoms with Gasteiger partial charge in [-0.2, -0.15) is 5.26 Å². The first kappa shape index (κ1) is 23.3. The van der Waals surface area contributed by atoms with Crippen LogP contribution in [0.2, 0.25) is 0 Å². The minimum atomic E-state index is -1.81. The summed E-state index contributed by atoms with van der Waals surface area (Å²) in [6.07, 6.45) is 0. The lowest BCUT2D eigenvalue weighted by Gasteiger charge is -2.34. The zero-order valence-electron chi connectivity index (χ0n) is 19.7. The molecular weight excluding hydrogens is 463 g/mol. The van der Waals surface area contributed by atoms with Gasteiger partial charge in [0.25, 0.3) is 5.56 Å². The van der Waals surface area contributed by atoms with E-state index in [1.54, 1.807) is 49.4 Å². The van der Waals surface area contributed by atoms with Crippen molar-refractivity contribution in [2.45, 2.75) is 25.4 Å². The van der Waals surface area contributed by atoms with Gasteiger partial charge in [-0.1, -0.05) is 30.3 Å². The number of carbonyl (C=O) groups excluding carboxylic acids is 1. The van der Waals surface area contributed by atoms with Crippen molar-refractivity contribution in [1.29, 1.82) is 5.26 Å². The number of hydrogen-bond acceptors (Lipinski definition) is 6. The Hall–Kier alpha value is -4.42. The number of nitriles is 1. The Morgan fingerprint density at radius 3 is 2.67 bits per heavy atom. The molecule has 3 aromatic rings. The fourth-order valence-electron chi connectivity index (χ4n) is 5.16. The van der Waals surface area contributed by atoms with Crippen LogP contribution < -0.4 is 20.9 Å². The molecule has 0 saturated heterocycles. The fraction of sp³-hybridized carbons (Fsp3) is 0.222. The van der Waals surface area contributed by atoms with E-state index in [0.717, 1.165) is 0 Å². The average Bonchev–Trinajstić information content (AvgIpc) is 3.07. The van der Waals surface area contributed by atoms with Crippen molar-refractivity contribution in [3.63, 3.8) is 0 Å². The van der Waals surface area contributed by atoms with Gasteiger partial charge >= 0.3 is 0 Å². The van der Waals surface area contributed by atoms with Crippen molar-refractivity contribution in [2.24, 2.45) is 5.73 Å². The fourth-order valence-corrected chi connectivity index (χ4v) is 5.16. The minimum absolute atomic E-state index is 0.0224. The molecule has 0 unspecified atom stereocenters. The third kappa shape index (κ3) is 3.22. The van der Waals surface area contributed by atoms with E-state index in [1.807, 2.05) is 6.07 Å². The van der Waals surface area contributed by atoms with E-state index in [1.165, 1.54) is 28.7 Å². The number of ether oxygens (including phenoxy) is 2. The summed E-state index contributed by atoms with van der Waals surface area (Å²) >= 11 is 0. The normalized spacial score (nSPS) is 18.2. The molecule has 0 fully saturated rings. The summed E-state index contributed by atoms with van der Waals surface area (Å²) < 4.78 is 26.4. The van der Waals surface area contributed by atoms with Gasteiger partial charge in [-0.25, -0.2) is 4.39 Å². The first-order valence-corrected chi connectivity index (χ1v) is 11.3. The van der Waals surface area contributed by atoms with E-state index >= 15 is 0 Å². The molecule has 1 atom stereocenters. The SMILES string of the molecule is COCCn1c(C)cc2c(c1=O)[C@]1(C(=O)N(Cc3cccc(F)c3)c3ccccc31)C(C#N)=C(N)O2. The summed E-state index contributed by atoms with van der Waals surface area (Å²) in [5.41, 5.74) is 5.87. The number of aromatic nitrogens is 1. The van der Waals surface area contributed by atoms with Crippen LogP contribution in [0.3, 0.4) is 0 Å². The highest BCUT2D eigenvalue weighted by molar-refractivity contribution is 6.14. The number of fused-ring (bicyclic) bond motifs is 4. The molecule has 2 aliphatic heterocycles. The van der Waals surface area contributed by atoms with Gasteiger partial charge in [-0.05, 0) is 30.7 Å². The molecule has 36 heavy (non-hydrogen) atoms. The molecule has 9 heteroatoms. The Bertz CT molecular complexity index is 1540. The predicted molar refractivity (Wildman–Crippen MR) is 130 cm³/mol. The van der Waals surface area contributed by atoms with E-state index in [9.17, 15) is 19.2 Å². The van der Waals surface area contributed by atoms with Crippen molar-refractivity contribution in [3.8, 4) is 11.8 Å². The summed E-state index contributed by atoms with van der Waals surface area (Å²) in [6, 6.07) is 16.6. The molecule has 2 aromatic carbocycles. The largest absolute Gasteiger partial charge is 0.440 e. The standard InChI is InChI=1S/C27H23FN4O4/c1-16-12-22-23(25(33)31(16)10-11-35-2)27(20(14-29)24(30)36-22)19-8-3-4-9-21(19)32(26(27)34)15-17-6-5-7-18(28)13-17/h3-9,12-13H,10-11,15,30H2,1-2H3/t27-/m1/s1. The maximum Gasteiger partial charge on any atom is 0.259 e. The summed E-state index contributed by atoms with van der Waals surface area (Å²) in [4.78, 5) is 29.9. The maximum atomic E-state index is 14.4. The summed E-state index contributed by atoms with van der Waals surface area (Å²) in [6.45, 7) is 2.29. The smallest absolute Gasteiger partial charge is 0.259 e. The number of amides is 1. The van der Waals surface area contributed by atoms with Crippen molar-refractivity contribution >= 4 is 11.6 Å². The monoisotopic (exact) mass is 486 g/mol. The predicted octanol–water partition coefficient (Wildman–Crippen LogP) is 2.86. The number of benzene rings is 2. The lowest BCUT2D eigenvalue weighted by Crippen LogP contribution is -2.50. The number of nitrogens with two attached hydrogens (primary N) is 1. The van der Waals surface area contributed by atoms with Gasteiger partial charge < -0.3 is 24.7 Å². The van der Waals surface area contributed by atoms with Crippen LogP contribution in [0.1, 0.15) is 22.4 Å². The second kappa shape index (κ2) is 8.66. The van der Waals surface area contributed by atoms with E-state index < -0.39 is 22.7 Å². The van der Waals surface area contributed by atoms with Gasteiger partial charge in [0.1, 0.15) is 23.2 Å². The number of hydrogen-bond donors (Lipinski definition) is 1. The highest BCUT2D eigenvalue weighted by atomic mass is 19.1. The number of pyridine rings is 1. The first-order chi connectivity index (χ1) is 17.3. The third-order valence-electron chi connectivity index (χ3n) is 6.71. The highest BCUT2D eigenvalue weighted by Gasteiger charge is 2.60. The summed E-state index contributed by atoms with van der Waals surface area (Å²) in [5, 5.41) is 10.2. The Balaban J connectivity index is 1.81. The number of carbonyl (C=O) groups is 1. The molecule has 2 aliphatic rings. The van der Waals surface area contributed by atoms with Gasteiger partial charge in [0.2, 0.25) is 11.8 Å². The zero-order chi connectivity index (χ0) is 25.6. The molecule has 8 nitrogen and oxygen atoms in total. The van der Waals surface area contributed by atoms with Crippen molar-refractivity contribution in [2.75, 3.05) is 18.6 Å². The molecule has 182 valence electrons. The second-order valence-electron chi connectivity index (χ2n) is 8.72. The second-order valence-corrected chi connectivity index (χ2v) is 8.72. The van der Waals surface area contributed by atoms with Gasteiger partial charge in [-0.3, -0.25) is 9.59 Å². The summed E-state index contributed by atoms with van der Waals surface area (Å²) in [7, 11) is 1.53. The van der Waals surface area contributed by atoms with E-state index in [4.69, 9.17) is 15.2 Å². The van der Waals surface area contributed by atoms with Crippen molar-refractivity contribution in [1.82, 2.24) is 4.57 Å². The van der Waals surface area contributed by atoms with E-state index in [0.29, 0.717) is 22.5 Å². The van der Waals surface area contributed by atoms with Crippen LogP contribution in [0.4, 0.5) is 10.1 Å². The number of rotatable bonds is 5. The number of aryl methyl sites for hydroxylation is 1. The van der Waals surface area contributed by atoms with E-state index in [2.05, 4.69) is 0 Å². The third-order valence-corrected chi connectivity index (χ3v) is 6.71. The van der Waals surface area contributed by atoms with Gasteiger partial charge in [-0.15, -0.1) is 0 Å².